The minimum atomic E-state index is 0.167. The molecule has 0 atom stereocenters. The number of carbonyl (C=O) groups is 1. The number of aryl methyl sites for hydroxylation is 2. The monoisotopic (exact) mass is 354 g/mol. The zero-order chi connectivity index (χ0) is 19.5. The summed E-state index contributed by atoms with van der Waals surface area (Å²) in [6.07, 6.45) is 6.77. The van der Waals surface area contributed by atoms with E-state index in [1.54, 1.807) is 0 Å². The van der Waals surface area contributed by atoms with E-state index in [1.165, 1.54) is 57.1 Å². The van der Waals surface area contributed by atoms with Crippen molar-refractivity contribution in [1.82, 2.24) is 0 Å². The smallest absolute Gasteiger partial charge is 0.126 e. The summed E-state index contributed by atoms with van der Waals surface area (Å²) >= 11 is 4.25. The molecule has 0 unspecified atom stereocenters. The van der Waals surface area contributed by atoms with Gasteiger partial charge in [-0.15, -0.1) is 12.6 Å². The molecule has 142 valence electrons. The molecule has 0 aliphatic rings. The van der Waals surface area contributed by atoms with Crippen LogP contribution >= 0.6 is 12.6 Å². The van der Waals surface area contributed by atoms with Crippen LogP contribution in [0.5, 0.6) is 0 Å². The largest absolute Gasteiger partial charge is 0.300 e. The van der Waals surface area contributed by atoms with E-state index < -0.39 is 0 Å². The quantitative estimate of drug-likeness (QED) is 0.545. The van der Waals surface area contributed by atoms with Crippen molar-refractivity contribution in [3.8, 4) is 0 Å². The molecule has 0 aliphatic carbocycles. The minimum Gasteiger partial charge on any atom is -0.300 e. The Kier molecular flexibility index (Phi) is 23.7. The third-order valence-electron chi connectivity index (χ3n) is 2.92. The Morgan fingerprint density at radius 2 is 1.38 bits per heavy atom. The third-order valence-corrected chi connectivity index (χ3v) is 3.42. The summed E-state index contributed by atoms with van der Waals surface area (Å²) in [7, 11) is 0. The van der Waals surface area contributed by atoms with Gasteiger partial charge in [0.1, 0.15) is 5.78 Å². The lowest BCUT2D eigenvalue weighted by Gasteiger charge is -2.05. The number of thiol groups is 1. The molecule has 0 N–H and O–H groups in total. The van der Waals surface area contributed by atoms with Crippen LogP contribution in [0.4, 0.5) is 0 Å². The minimum absolute atomic E-state index is 0.167. The molecule has 1 rings (SSSR count). The second kappa shape index (κ2) is 20.3. The molecule has 0 fully saturated rings. The first-order valence-electron chi connectivity index (χ1n) is 9.39. The van der Waals surface area contributed by atoms with E-state index in [9.17, 15) is 4.79 Å². The highest BCUT2D eigenvalue weighted by molar-refractivity contribution is 7.80. The zero-order valence-corrected chi connectivity index (χ0v) is 18.6. The van der Waals surface area contributed by atoms with Crippen molar-refractivity contribution in [3.63, 3.8) is 0 Å². The normalized spacial score (nSPS) is 8.96. The van der Waals surface area contributed by atoms with Crippen molar-refractivity contribution in [2.75, 3.05) is 0 Å². The van der Waals surface area contributed by atoms with E-state index in [4.69, 9.17) is 0 Å². The van der Waals surface area contributed by atoms with Crippen molar-refractivity contribution in [2.24, 2.45) is 5.92 Å². The third kappa shape index (κ3) is 26.2. The fraction of sp³-hybridized carbons (Fsp3) is 0.682. The first-order valence-corrected chi connectivity index (χ1v) is 9.84. The number of carbonyl (C=O) groups excluding carboxylic acids is 1. The number of Topliss-reactive ketones (excluding diaryl/α,β-unsaturated/α-hetero) is 1. The molecular weight excluding hydrogens is 312 g/mol. The Balaban J connectivity index is -0.000000269. The van der Waals surface area contributed by atoms with Crippen LogP contribution < -0.4 is 0 Å². The summed E-state index contributed by atoms with van der Waals surface area (Å²) in [6.45, 7) is 18.3. The van der Waals surface area contributed by atoms with Gasteiger partial charge in [-0.1, -0.05) is 84.4 Å². The number of benzene rings is 1. The van der Waals surface area contributed by atoms with Crippen molar-refractivity contribution in [3.05, 3.63) is 29.3 Å². The highest BCUT2D eigenvalue weighted by atomic mass is 32.1. The summed E-state index contributed by atoms with van der Waals surface area (Å²) in [5.74, 6) is 1.13. The number of rotatable bonds is 4. The summed E-state index contributed by atoms with van der Waals surface area (Å²) in [6, 6.07) is 6.21. The van der Waals surface area contributed by atoms with E-state index in [1.807, 2.05) is 6.07 Å². The van der Waals surface area contributed by atoms with Gasteiger partial charge in [-0.25, -0.2) is 0 Å². The van der Waals surface area contributed by atoms with Crippen LogP contribution in [-0.4, -0.2) is 5.78 Å². The van der Waals surface area contributed by atoms with Crippen LogP contribution in [0, 0.1) is 19.8 Å². The zero-order valence-electron chi connectivity index (χ0n) is 17.7. The second-order valence-corrected chi connectivity index (χ2v) is 7.07. The molecule has 0 saturated carbocycles. The van der Waals surface area contributed by atoms with E-state index in [0.717, 1.165) is 10.8 Å². The molecule has 0 aliphatic heterocycles. The Labute approximate surface area is 158 Å². The van der Waals surface area contributed by atoms with Crippen LogP contribution in [0.1, 0.15) is 91.7 Å². The SMILES string of the molecule is CC(C)=O.CCC.CCCC(C)CCC.Cc1ccc(S)c(C)c1. The van der Waals surface area contributed by atoms with Gasteiger partial charge in [0.15, 0.2) is 0 Å². The first-order chi connectivity index (χ1) is 11.2. The van der Waals surface area contributed by atoms with E-state index in [0.29, 0.717) is 0 Å². The van der Waals surface area contributed by atoms with Gasteiger partial charge >= 0.3 is 0 Å². The molecule has 0 heterocycles. The molecule has 1 aromatic carbocycles. The topological polar surface area (TPSA) is 17.1 Å². The maximum Gasteiger partial charge on any atom is 0.126 e. The van der Waals surface area contributed by atoms with Crippen molar-refractivity contribution < 1.29 is 4.79 Å². The molecular formula is C22H42OS. The van der Waals surface area contributed by atoms with Crippen molar-refractivity contribution >= 4 is 18.4 Å². The van der Waals surface area contributed by atoms with Gasteiger partial charge in [-0.05, 0) is 45.2 Å². The van der Waals surface area contributed by atoms with Crippen molar-refractivity contribution in [1.29, 1.82) is 0 Å². The highest BCUT2D eigenvalue weighted by Crippen LogP contribution is 2.13. The average molecular weight is 355 g/mol. The predicted molar refractivity (Wildman–Crippen MR) is 114 cm³/mol. The van der Waals surface area contributed by atoms with Crippen LogP contribution in [0.25, 0.3) is 0 Å². The Morgan fingerprint density at radius 1 is 1.00 bits per heavy atom. The lowest BCUT2D eigenvalue weighted by atomic mass is 10.0. The Bertz CT molecular complexity index is 389. The van der Waals surface area contributed by atoms with Crippen LogP contribution in [0.15, 0.2) is 23.1 Å². The summed E-state index contributed by atoms with van der Waals surface area (Å²) in [5, 5.41) is 0. The summed E-state index contributed by atoms with van der Waals surface area (Å²) in [5.41, 5.74) is 2.55. The molecule has 1 aromatic rings. The maximum atomic E-state index is 9.44. The van der Waals surface area contributed by atoms with Gasteiger partial charge in [-0.2, -0.15) is 0 Å². The Morgan fingerprint density at radius 3 is 1.62 bits per heavy atom. The number of ketones is 1. The molecule has 24 heavy (non-hydrogen) atoms. The number of hydrogen-bond donors (Lipinski definition) is 1. The molecule has 2 heteroatoms. The van der Waals surface area contributed by atoms with E-state index in [-0.39, 0.29) is 5.78 Å². The lowest BCUT2D eigenvalue weighted by Crippen LogP contribution is -1.91. The summed E-state index contributed by atoms with van der Waals surface area (Å²) < 4.78 is 0. The molecule has 0 spiro atoms. The lowest BCUT2D eigenvalue weighted by molar-refractivity contribution is -0.114. The molecule has 0 bridgehead atoms. The van der Waals surface area contributed by atoms with E-state index >= 15 is 0 Å². The van der Waals surface area contributed by atoms with Crippen molar-refractivity contribution in [2.45, 2.75) is 99.3 Å². The molecule has 1 nitrogen and oxygen atoms in total. The Hall–Kier alpha value is -0.760. The molecule has 0 aromatic heterocycles. The highest BCUT2D eigenvalue weighted by Gasteiger charge is 1.95. The first kappa shape index (κ1) is 28.1. The predicted octanol–water partition coefficient (Wildman–Crippen LogP) is 7.83. The number of hydrogen-bond acceptors (Lipinski definition) is 2. The fourth-order valence-corrected chi connectivity index (χ4v) is 2.07. The van der Waals surface area contributed by atoms with Gasteiger partial charge in [0.05, 0.1) is 0 Å². The average Bonchev–Trinajstić information content (AvgIpc) is 2.45. The molecule has 0 saturated heterocycles. The second-order valence-electron chi connectivity index (χ2n) is 6.59. The maximum absolute atomic E-state index is 9.44. The molecule has 0 radical (unpaired) electrons. The van der Waals surface area contributed by atoms with E-state index in [2.05, 4.69) is 73.2 Å². The van der Waals surface area contributed by atoms with Gasteiger partial charge in [0, 0.05) is 4.90 Å². The standard InChI is InChI=1S/C8H10S.C8H18.C3H6O.C3H8/c1-6-3-4-8(9)7(2)5-6;1-4-6-8(3)7-5-2;1-3(2)4;1-3-2/h3-5,9H,1-2H3;8H,4-7H2,1-3H3;1-2H3;3H2,1-2H3. The fourth-order valence-electron chi connectivity index (χ4n) is 1.94. The van der Waals surface area contributed by atoms with Gasteiger partial charge in [0.25, 0.3) is 0 Å². The van der Waals surface area contributed by atoms with Crippen LogP contribution in [0.3, 0.4) is 0 Å². The van der Waals surface area contributed by atoms with Gasteiger partial charge in [0.2, 0.25) is 0 Å². The van der Waals surface area contributed by atoms with Gasteiger partial charge in [-0.3, -0.25) is 0 Å². The van der Waals surface area contributed by atoms with Gasteiger partial charge < -0.3 is 4.79 Å². The molecule has 0 amide bonds. The van der Waals surface area contributed by atoms with Crippen LogP contribution in [0.2, 0.25) is 0 Å². The summed E-state index contributed by atoms with van der Waals surface area (Å²) in [4.78, 5) is 10.5. The van der Waals surface area contributed by atoms with Crippen LogP contribution in [-0.2, 0) is 4.79 Å².